The fourth-order valence-electron chi connectivity index (χ4n) is 4.41. The summed E-state index contributed by atoms with van der Waals surface area (Å²) in [5.74, 6) is 0. The van der Waals surface area contributed by atoms with Gasteiger partial charge in [0.1, 0.15) is 0 Å². The van der Waals surface area contributed by atoms with E-state index in [0.717, 1.165) is 6.42 Å². The zero-order valence-corrected chi connectivity index (χ0v) is 17.1. The summed E-state index contributed by atoms with van der Waals surface area (Å²) in [5, 5.41) is 0. The lowest BCUT2D eigenvalue weighted by molar-refractivity contribution is 0.556. The smallest absolute Gasteiger partial charge is 0.0117 e. The molecule has 0 amide bonds. The Kier molecular flexibility index (Phi) is 4.22. The van der Waals surface area contributed by atoms with Gasteiger partial charge in [0.2, 0.25) is 0 Å². The van der Waals surface area contributed by atoms with Crippen LogP contribution in [0.15, 0.2) is 58.2 Å². The van der Waals surface area contributed by atoms with Crippen LogP contribution in [0.25, 0.3) is 5.57 Å². The van der Waals surface area contributed by atoms with Gasteiger partial charge in [-0.25, -0.2) is 0 Å². The van der Waals surface area contributed by atoms with Crippen LogP contribution in [0.2, 0.25) is 0 Å². The molecule has 131 valence electrons. The van der Waals surface area contributed by atoms with Gasteiger partial charge in [-0.05, 0) is 77.7 Å². The van der Waals surface area contributed by atoms with Crippen molar-refractivity contribution in [3.8, 4) is 0 Å². The summed E-state index contributed by atoms with van der Waals surface area (Å²) in [5.41, 5.74) is 11.6. The first-order valence-corrected chi connectivity index (χ1v) is 9.38. The van der Waals surface area contributed by atoms with Crippen molar-refractivity contribution in [2.45, 2.75) is 67.2 Å². The van der Waals surface area contributed by atoms with E-state index >= 15 is 0 Å². The van der Waals surface area contributed by atoms with Gasteiger partial charge in [0.25, 0.3) is 0 Å². The van der Waals surface area contributed by atoms with E-state index in [9.17, 15) is 0 Å². The molecular formula is C25H31. The van der Waals surface area contributed by atoms with Crippen molar-refractivity contribution >= 4 is 5.57 Å². The van der Waals surface area contributed by atoms with E-state index in [1.165, 1.54) is 44.6 Å². The second-order valence-electron chi connectivity index (χ2n) is 9.04. The Morgan fingerprint density at radius 3 is 2.16 bits per heavy atom. The van der Waals surface area contributed by atoms with E-state index in [0.29, 0.717) is 0 Å². The largest absolute Gasteiger partial charge is 0.0719 e. The Bertz CT molecular complexity index is 842. The molecule has 1 aromatic rings. The molecule has 0 nitrogen and oxygen atoms in total. The lowest BCUT2D eigenvalue weighted by atomic mass is 9.74. The molecule has 0 heterocycles. The van der Waals surface area contributed by atoms with Crippen molar-refractivity contribution in [1.29, 1.82) is 0 Å². The third-order valence-electron chi connectivity index (χ3n) is 6.19. The van der Waals surface area contributed by atoms with Gasteiger partial charge in [-0.2, -0.15) is 0 Å². The topological polar surface area (TPSA) is 0 Å². The molecule has 0 N–H and O–H groups in total. The molecule has 0 unspecified atom stereocenters. The Morgan fingerprint density at radius 1 is 0.960 bits per heavy atom. The lowest BCUT2D eigenvalue weighted by Gasteiger charge is -2.30. The quantitative estimate of drug-likeness (QED) is 0.538. The van der Waals surface area contributed by atoms with Crippen LogP contribution in [0.3, 0.4) is 0 Å². The van der Waals surface area contributed by atoms with Crippen molar-refractivity contribution < 1.29 is 0 Å². The van der Waals surface area contributed by atoms with Crippen LogP contribution in [0.4, 0.5) is 0 Å². The molecule has 25 heavy (non-hydrogen) atoms. The molecule has 1 radical (unpaired) electrons. The summed E-state index contributed by atoms with van der Waals surface area (Å²) in [7, 11) is 0. The summed E-state index contributed by atoms with van der Waals surface area (Å²) in [6, 6.07) is 8.86. The maximum atomic E-state index is 3.67. The SMILES string of the molecule is CC1=C(C)C(C)(C)C(C2=CC[C]=C2c2ccccc2C(C)(C)C)=C1C. The second-order valence-corrected chi connectivity index (χ2v) is 9.04. The molecule has 1 aromatic carbocycles. The molecule has 0 aromatic heterocycles. The summed E-state index contributed by atoms with van der Waals surface area (Å²) >= 11 is 0. The highest BCUT2D eigenvalue weighted by Gasteiger charge is 2.38. The van der Waals surface area contributed by atoms with Gasteiger partial charge in [0.15, 0.2) is 0 Å². The van der Waals surface area contributed by atoms with Crippen molar-refractivity contribution in [3.05, 3.63) is 75.4 Å². The zero-order valence-electron chi connectivity index (χ0n) is 17.1. The van der Waals surface area contributed by atoms with Crippen molar-refractivity contribution in [3.63, 3.8) is 0 Å². The van der Waals surface area contributed by atoms with E-state index in [1.807, 2.05) is 0 Å². The third-order valence-corrected chi connectivity index (χ3v) is 6.19. The Labute approximate surface area is 154 Å². The Balaban J connectivity index is 2.14. The summed E-state index contributed by atoms with van der Waals surface area (Å²) in [6.45, 7) is 18.5. The highest BCUT2D eigenvalue weighted by molar-refractivity contribution is 5.88. The van der Waals surface area contributed by atoms with E-state index in [1.54, 1.807) is 0 Å². The molecule has 2 aliphatic carbocycles. The summed E-state index contributed by atoms with van der Waals surface area (Å²) in [6.07, 6.45) is 6.96. The average molecular weight is 332 g/mol. The molecule has 0 bridgehead atoms. The number of benzene rings is 1. The molecule has 0 saturated heterocycles. The normalized spacial score (nSPS) is 20.3. The van der Waals surface area contributed by atoms with Crippen LogP contribution >= 0.6 is 0 Å². The van der Waals surface area contributed by atoms with Gasteiger partial charge in [0, 0.05) is 5.41 Å². The maximum absolute atomic E-state index is 3.67. The minimum Gasteiger partial charge on any atom is -0.0719 e. The van der Waals surface area contributed by atoms with Gasteiger partial charge in [-0.15, -0.1) is 0 Å². The van der Waals surface area contributed by atoms with Gasteiger partial charge in [-0.1, -0.05) is 70.5 Å². The van der Waals surface area contributed by atoms with Crippen LogP contribution in [0.5, 0.6) is 0 Å². The summed E-state index contributed by atoms with van der Waals surface area (Å²) in [4.78, 5) is 0. The molecule has 0 fully saturated rings. The van der Waals surface area contributed by atoms with Crippen molar-refractivity contribution in [1.82, 2.24) is 0 Å². The first-order valence-electron chi connectivity index (χ1n) is 9.38. The second kappa shape index (κ2) is 5.87. The van der Waals surface area contributed by atoms with E-state index in [-0.39, 0.29) is 10.8 Å². The van der Waals surface area contributed by atoms with Crippen LogP contribution in [-0.2, 0) is 5.41 Å². The molecule has 0 atom stereocenters. The number of hydrogen-bond donors (Lipinski definition) is 0. The summed E-state index contributed by atoms with van der Waals surface area (Å²) < 4.78 is 0. The van der Waals surface area contributed by atoms with Crippen LogP contribution in [-0.4, -0.2) is 0 Å². The third kappa shape index (κ3) is 2.76. The standard InChI is InChI=1S/C25H31/c1-16-17(2)23(25(7,8)18(16)3)21-14-11-13-19(21)20-12-9-10-15-22(20)24(4,5)6/h9-10,12,14-15H,11H2,1-8H3. The van der Waals surface area contributed by atoms with Gasteiger partial charge < -0.3 is 0 Å². The molecular weight excluding hydrogens is 300 g/mol. The number of hydrogen-bond acceptors (Lipinski definition) is 0. The van der Waals surface area contributed by atoms with Gasteiger partial charge >= 0.3 is 0 Å². The first kappa shape index (κ1) is 18.0. The Hall–Kier alpha value is -1.82. The van der Waals surface area contributed by atoms with Crippen LogP contribution < -0.4 is 0 Å². The predicted octanol–water partition coefficient (Wildman–Crippen LogP) is 7.19. The lowest BCUT2D eigenvalue weighted by Crippen LogP contribution is -2.17. The predicted molar refractivity (Wildman–Crippen MR) is 109 cm³/mol. The van der Waals surface area contributed by atoms with Crippen LogP contribution in [0.1, 0.15) is 72.9 Å². The minimum atomic E-state index is 0.0912. The van der Waals surface area contributed by atoms with Gasteiger partial charge in [-0.3, -0.25) is 0 Å². The highest BCUT2D eigenvalue weighted by atomic mass is 14.4. The Morgan fingerprint density at radius 2 is 1.60 bits per heavy atom. The number of allylic oxidation sites excluding steroid dienone is 8. The molecule has 0 saturated carbocycles. The van der Waals surface area contributed by atoms with Crippen LogP contribution in [0, 0.1) is 11.5 Å². The maximum Gasteiger partial charge on any atom is 0.0117 e. The first-order chi connectivity index (χ1) is 11.6. The van der Waals surface area contributed by atoms with E-state index < -0.39 is 0 Å². The monoisotopic (exact) mass is 331 g/mol. The van der Waals surface area contributed by atoms with Crippen molar-refractivity contribution in [2.75, 3.05) is 0 Å². The fourth-order valence-corrected chi connectivity index (χ4v) is 4.41. The molecule has 0 aliphatic heterocycles. The molecule has 0 spiro atoms. The van der Waals surface area contributed by atoms with Crippen molar-refractivity contribution in [2.24, 2.45) is 5.41 Å². The number of rotatable bonds is 2. The molecule has 3 rings (SSSR count). The van der Waals surface area contributed by atoms with E-state index in [4.69, 9.17) is 0 Å². The average Bonchev–Trinajstić information content (AvgIpc) is 3.05. The van der Waals surface area contributed by atoms with Gasteiger partial charge in [0.05, 0.1) is 0 Å². The highest BCUT2D eigenvalue weighted by Crippen LogP contribution is 2.53. The fraction of sp³-hybridized carbons (Fsp3) is 0.440. The zero-order chi connectivity index (χ0) is 18.6. The molecule has 0 heteroatoms. The minimum absolute atomic E-state index is 0.0912. The molecule has 2 aliphatic rings. The van der Waals surface area contributed by atoms with E-state index in [2.05, 4.69) is 91.8 Å².